The first-order valence-electron chi connectivity index (χ1n) is 6.46. The molecule has 0 radical (unpaired) electrons. The zero-order valence-corrected chi connectivity index (χ0v) is 11.7. The predicted octanol–water partition coefficient (Wildman–Crippen LogP) is 3.31. The number of aryl methyl sites for hydroxylation is 1. The molecule has 2 aromatic heterocycles. The van der Waals surface area contributed by atoms with Crippen molar-refractivity contribution in [2.75, 3.05) is 0 Å². The van der Waals surface area contributed by atoms with E-state index in [4.69, 9.17) is 4.74 Å². The number of hydrogen-bond donors (Lipinski definition) is 0. The van der Waals surface area contributed by atoms with Crippen LogP contribution in [0.5, 0.6) is 11.6 Å². The van der Waals surface area contributed by atoms with Gasteiger partial charge in [0.1, 0.15) is 17.1 Å². The van der Waals surface area contributed by atoms with Gasteiger partial charge in [0, 0.05) is 11.6 Å². The second kappa shape index (κ2) is 5.17. The average molecular weight is 276 g/mol. The fourth-order valence-electron chi connectivity index (χ4n) is 2.05. The van der Waals surface area contributed by atoms with E-state index in [1.165, 1.54) is 0 Å². The minimum atomic E-state index is 0.207. The van der Waals surface area contributed by atoms with Gasteiger partial charge in [-0.1, -0.05) is 18.2 Å². The molecule has 0 fully saturated rings. The van der Waals surface area contributed by atoms with Gasteiger partial charge in [-0.05, 0) is 31.5 Å². The molecule has 0 aliphatic rings. The van der Waals surface area contributed by atoms with E-state index in [0.717, 1.165) is 22.2 Å². The number of pyridine rings is 1. The number of fused-ring (bicyclic) bond motifs is 1. The largest absolute Gasteiger partial charge is 0.434 e. The lowest BCUT2D eigenvalue weighted by molar-refractivity contribution is 0.456. The summed E-state index contributed by atoms with van der Waals surface area (Å²) in [5.41, 5.74) is 2.62. The summed E-state index contributed by atoms with van der Waals surface area (Å²) in [6.07, 6.45) is 1.70. The van der Waals surface area contributed by atoms with Gasteiger partial charge in [-0.25, -0.2) is 0 Å². The maximum atomic E-state index is 9.30. The monoisotopic (exact) mass is 276 g/mol. The van der Waals surface area contributed by atoms with E-state index >= 15 is 0 Å². The van der Waals surface area contributed by atoms with Gasteiger partial charge in [0.05, 0.1) is 5.69 Å². The topological polar surface area (TPSA) is 71.7 Å². The molecule has 0 amide bonds. The number of nitrogens with zero attached hydrogens (tertiary/aromatic N) is 4. The minimum absolute atomic E-state index is 0.207. The van der Waals surface area contributed by atoms with Gasteiger partial charge in [-0.2, -0.15) is 10.4 Å². The molecule has 0 bridgehead atoms. The average Bonchev–Trinajstić information content (AvgIpc) is 2.52. The van der Waals surface area contributed by atoms with Gasteiger partial charge in [0.2, 0.25) is 0 Å². The van der Waals surface area contributed by atoms with Crippen LogP contribution in [0.4, 0.5) is 0 Å². The summed E-state index contributed by atoms with van der Waals surface area (Å²) in [6, 6.07) is 11.6. The molecule has 0 N–H and O–H groups in total. The predicted molar refractivity (Wildman–Crippen MR) is 78.0 cm³/mol. The number of para-hydroxylation sites is 1. The summed E-state index contributed by atoms with van der Waals surface area (Å²) in [5, 5.41) is 18.3. The van der Waals surface area contributed by atoms with E-state index in [1.807, 2.05) is 38.1 Å². The Kier molecular flexibility index (Phi) is 3.20. The van der Waals surface area contributed by atoms with E-state index in [9.17, 15) is 5.26 Å². The summed E-state index contributed by atoms with van der Waals surface area (Å²) in [7, 11) is 0. The highest BCUT2D eigenvalue weighted by atomic mass is 16.5. The Labute approximate surface area is 121 Å². The van der Waals surface area contributed by atoms with E-state index < -0.39 is 0 Å². The quantitative estimate of drug-likeness (QED) is 0.718. The molecule has 5 heteroatoms. The summed E-state index contributed by atoms with van der Waals surface area (Å²) in [5.74, 6) is 0.765. The fraction of sp³-hybridized carbons (Fsp3) is 0.125. The molecular formula is C16H12N4O. The van der Waals surface area contributed by atoms with Crippen LogP contribution in [-0.4, -0.2) is 15.2 Å². The van der Waals surface area contributed by atoms with Crippen molar-refractivity contribution < 1.29 is 4.74 Å². The molecule has 102 valence electrons. The van der Waals surface area contributed by atoms with Crippen LogP contribution in [0.25, 0.3) is 10.9 Å². The van der Waals surface area contributed by atoms with E-state index in [2.05, 4.69) is 21.3 Å². The number of benzene rings is 1. The molecular weight excluding hydrogens is 264 g/mol. The zero-order valence-electron chi connectivity index (χ0n) is 11.7. The van der Waals surface area contributed by atoms with E-state index in [0.29, 0.717) is 11.3 Å². The van der Waals surface area contributed by atoms with Crippen molar-refractivity contribution in [2.45, 2.75) is 13.8 Å². The third kappa shape index (κ3) is 2.28. The Hall–Kier alpha value is -3.00. The Morgan fingerprint density at radius 1 is 1.10 bits per heavy atom. The van der Waals surface area contributed by atoms with Crippen molar-refractivity contribution in [2.24, 2.45) is 0 Å². The van der Waals surface area contributed by atoms with Gasteiger partial charge in [0.15, 0.2) is 5.75 Å². The number of ether oxygens (including phenoxy) is 1. The van der Waals surface area contributed by atoms with E-state index in [-0.39, 0.29) is 5.88 Å². The molecule has 0 aliphatic carbocycles. The van der Waals surface area contributed by atoms with Crippen LogP contribution in [0.15, 0.2) is 36.5 Å². The normalized spacial score (nSPS) is 10.3. The highest BCUT2D eigenvalue weighted by Gasteiger charge is 2.14. The summed E-state index contributed by atoms with van der Waals surface area (Å²) < 4.78 is 5.79. The highest BCUT2D eigenvalue weighted by molar-refractivity contribution is 5.84. The molecule has 0 atom stereocenters. The summed E-state index contributed by atoms with van der Waals surface area (Å²) >= 11 is 0. The smallest absolute Gasteiger partial charge is 0.257 e. The van der Waals surface area contributed by atoms with Crippen molar-refractivity contribution in [3.63, 3.8) is 0 Å². The van der Waals surface area contributed by atoms with Gasteiger partial charge >= 0.3 is 0 Å². The molecule has 3 rings (SSSR count). The Morgan fingerprint density at radius 2 is 1.90 bits per heavy atom. The second-order valence-electron chi connectivity index (χ2n) is 4.64. The van der Waals surface area contributed by atoms with Gasteiger partial charge in [0.25, 0.3) is 5.88 Å². The van der Waals surface area contributed by atoms with Crippen molar-refractivity contribution in [3.05, 3.63) is 53.3 Å². The molecule has 0 saturated carbocycles. The SMILES string of the molecule is Cc1nnc(Oc2cccc3cccnc23)c(C#N)c1C. The molecule has 21 heavy (non-hydrogen) atoms. The van der Waals surface area contributed by atoms with Crippen molar-refractivity contribution >= 4 is 10.9 Å². The standard InChI is InChI=1S/C16H12N4O/c1-10-11(2)19-20-16(13(10)9-17)21-14-7-3-5-12-6-4-8-18-15(12)14/h3-8H,1-2H3. The first-order valence-corrected chi connectivity index (χ1v) is 6.46. The third-order valence-corrected chi connectivity index (χ3v) is 3.34. The summed E-state index contributed by atoms with van der Waals surface area (Å²) in [6.45, 7) is 3.64. The lowest BCUT2D eigenvalue weighted by atomic mass is 10.1. The zero-order chi connectivity index (χ0) is 14.8. The second-order valence-corrected chi connectivity index (χ2v) is 4.64. The Bertz CT molecular complexity index is 863. The van der Waals surface area contributed by atoms with Gasteiger partial charge < -0.3 is 4.74 Å². The van der Waals surface area contributed by atoms with Crippen LogP contribution < -0.4 is 4.74 Å². The van der Waals surface area contributed by atoms with Crippen molar-refractivity contribution in [1.82, 2.24) is 15.2 Å². The number of rotatable bonds is 2. The van der Waals surface area contributed by atoms with Crippen LogP contribution in [0, 0.1) is 25.2 Å². The van der Waals surface area contributed by atoms with Crippen molar-refractivity contribution in [1.29, 1.82) is 5.26 Å². The van der Waals surface area contributed by atoms with Crippen LogP contribution in [-0.2, 0) is 0 Å². The maximum absolute atomic E-state index is 9.30. The molecule has 0 aliphatic heterocycles. The molecule has 0 spiro atoms. The Balaban J connectivity index is 2.12. The lowest BCUT2D eigenvalue weighted by Gasteiger charge is -2.10. The Morgan fingerprint density at radius 3 is 2.71 bits per heavy atom. The first kappa shape index (κ1) is 13.0. The molecule has 0 unspecified atom stereocenters. The minimum Gasteiger partial charge on any atom is -0.434 e. The first-order chi connectivity index (χ1) is 10.2. The third-order valence-electron chi connectivity index (χ3n) is 3.34. The number of aromatic nitrogens is 3. The lowest BCUT2D eigenvalue weighted by Crippen LogP contribution is -2.00. The van der Waals surface area contributed by atoms with Gasteiger partial charge in [-0.15, -0.1) is 5.10 Å². The molecule has 2 heterocycles. The van der Waals surface area contributed by atoms with E-state index in [1.54, 1.807) is 12.3 Å². The van der Waals surface area contributed by atoms with Crippen LogP contribution >= 0.6 is 0 Å². The van der Waals surface area contributed by atoms with Gasteiger partial charge in [-0.3, -0.25) is 4.98 Å². The number of nitriles is 1. The number of hydrogen-bond acceptors (Lipinski definition) is 5. The van der Waals surface area contributed by atoms with Crippen LogP contribution in [0.1, 0.15) is 16.8 Å². The maximum Gasteiger partial charge on any atom is 0.257 e. The van der Waals surface area contributed by atoms with Crippen molar-refractivity contribution in [3.8, 4) is 17.7 Å². The molecule has 3 aromatic rings. The molecule has 5 nitrogen and oxygen atoms in total. The fourth-order valence-corrected chi connectivity index (χ4v) is 2.05. The van der Waals surface area contributed by atoms with Crippen LogP contribution in [0.3, 0.4) is 0 Å². The highest BCUT2D eigenvalue weighted by Crippen LogP contribution is 2.29. The molecule has 0 saturated heterocycles. The molecule has 1 aromatic carbocycles. The summed E-state index contributed by atoms with van der Waals surface area (Å²) in [4.78, 5) is 4.32. The van der Waals surface area contributed by atoms with Crippen LogP contribution in [0.2, 0.25) is 0 Å².